The number of hydrogen-bond donors (Lipinski definition) is 3. The Hall–Kier alpha value is -1.13. The summed E-state index contributed by atoms with van der Waals surface area (Å²) in [6.07, 6.45) is 8.98. The van der Waals surface area contributed by atoms with Crippen molar-refractivity contribution in [1.29, 1.82) is 0 Å². The lowest BCUT2D eigenvalue weighted by Crippen LogP contribution is -2.45. The third kappa shape index (κ3) is 7.75. The van der Waals surface area contributed by atoms with Crippen LogP contribution in [-0.2, 0) is 6.54 Å². The third-order valence-electron chi connectivity index (χ3n) is 6.61. The zero-order chi connectivity index (χ0) is 21.2. The Morgan fingerprint density at radius 2 is 1.90 bits per heavy atom. The molecule has 0 unspecified atom stereocenters. The van der Waals surface area contributed by atoms with Gasteiger partial charge in [-0.3, -0.25) is 0 Å². The van der Waals surface area contributed by atoms with Crippen LogP contribution in [0.2, 0.25) is 0 Å². The second-order valence-corrected chi connectivity index (χ2v) is 8.86. The first kappa shape index (κ1) is 26.1. The first-order valence-corrected chi connectivity index (χ1v) is 11.7. The molecule has 3 rings (SSSR count). The van der Waals surface area contributed by atoms with Crippen molar-refractivity contribution in [3.8, 4) is 0 Å². The Labute approximate surface area is 205 Å². The van der Waals surface area contributed by atoms with Crippen molar-refractivity contribution in [1.82, 2.24) is 20.5 Å². The highest BCUT2D eigenvalue weighted by Gasteiger charge is 2.31. The van der Waals surface area contributed by atoms with E-state index in [1.807, 2.05) is 12.3 Å². The van der Waals surface area contributed by atoms with Crippen LogP contribution in [0.3, 0.4) is 0 Å². The summed E-state index contributed by atoms with van der Waals surface area (Å²) in [4.78, 5) is 14.3. The molecule has 0 spiro atoms. The molecule has 0 atom stereocenters. The molecule has 0 bridgehead atoms. The maximum atomic E-state index is 9.59. The molecule has 0 radical (unpaired) electrons. The van der Waals surface area contributed by atoms with Crippen molar-refractivity contribution in [3.05, 3.63) is 23.9 Å². The quantitative estimate of drug-likeness (QED) is 0.266. The van der Waals surface area contributed by atoms with Crippen LogP contribution in [0, 0.1) is 5.41 Å². The number of nitrogens with zero attached hydrogens (tertiary/aromatic N) is 4. The van der Waals surface area contributed by atoms with E-state index in [1.165, 1.54) is 37.7 Å². The topological polar surface area (TPSA) is 76.0 Å². The van der Waals surface area contributed by atoms with E-state index < -0.39 is 0 Å². The highest BCUT2D eigenvalue weighted by molar-refractivity contribution is 14.0. The molecule has 31 heavy (non-hydrogen) atoms. The summed E-state index contributed by atoms with van der Waals surface area (Å²) in [6, 6.07) is 4.14. The van der Waals surface area contributed by atoms with Crippen LogP contribution in [0.15, 0.2) is 23.3 Å². The summed E-state index contributed by atoms with van der Waals surface area (Å²) in [5.74, 6) is 1.92. The summed E-state index contributed by atoms with van der Waals surface area (Å²) < 4.78 is 0. The van der Waals surface area contributed by atoms with E-state index >= 15 is 0 Å². The maximum absolute atomic E-state index is 9.59. The lowest BCUT2D eigenvalue weighted by atomic mass is 9.72. The van der Waals surface area contributed by atoms with Crippen LogP contribution in [0.5, 0.6) is 0 Å². The van der Waals surface area contributed by atoms with Crippen molar-refractivity contribution in [2.75, 3.05) is 57.8 Å². The molecule has 3 N–H and O–H groups in total. The molecule has 1 aliphatic carbocycles. The van der Waals surface area contributed by atoms with Gasteiger partial charge in [0.15, 0.2) is 5.96 Å². The Morgan fingerprint density at radius 3 is 2.58 bits per heavy atom. The fourth-order valence-electron chi connectivity index (χ4n) is 4.69. The van der Waals surface area contributed by atoms with Gasteiger partial charge in [-0.1, -0.05) is 25.3 Å². The lowest BCUT2D eigenvalue weighted by Gasteiger charge is -2.37. The summed E-state index contributed by atoms with van der Waals surface area (Å²) in [5.41, 5.74) is 1.37. The predicted molar refractivity (Wildman–Crippen MR) is 139 cm³/mol. The molecular weight excluding hydrogens is 503 g/mol. The van der Waals surface area contributed by atoms with E-state index in [0.29, 0.717) is 6.54 Å². The monoisotopic (exact) mass is 544 g/mol. The number of nitrogens with one attached hydrogen (secondary N) is 2. The van der Waals surface area contributed by atoms with Gasteiger partial charge in [0.25, 0.3) is 0 Å². The zero-order valence-electron chi connectivity index (χ0n) is 19.3. The fourth-order valence-corrected chi connectivity index (χ4v) is 4.69. The van der Waals surface area contributed by atoms with Crippen molar-refractivity contribution < 1.29 is 5.11 Å². The summed E-state index contributed by atoms with van der Waals surface area (Å²) in [7, 11) is 2.17. The molecule has 2 aliphatic rings. The van der Waals surface area contributed by atoms with Gasteiger partial charge < -0.3 is 25.5 Å². The molecule has 176 valence electrons. The predicted octanol–water partition coefficient (Wildman–Crippen LogP) is 2.84. The minimum absolute atomic E-state index is 0. The third-order valence-corrected chi connectivity index (χ3v) is 6.61. The summed E-state index contributed by atoms with van der Waals surface area (Å²) >= 11 is 0. The summed E-state index contributed by atoms with van der Waals surface area (Å²) in [6.45, 7) is 8.82. The van der Waals surface area contributed by atoms with E-state index in [4.69, 9.17) is 4.99 Å². The maximum Gasteiger partial charge on any atom is 0.191 e. The molecule has 8 heteroatoms. The van der Waals surface area contributed by atoms with Crippen LogP contribution < -0.4 is 15.5 Å². The number of halogens is 1. The molecule has 7 nitrogen and oxygen atoms in total. The van der Waals surface area contributed by atoms with Crippen LogP contribution in [0.25, 0.3) is 0 Å². The van der Waals surface area contributed by atoms with Crippen molar-refractivity contribution in [3.63, 3.8) is 0 Å². The first-order chi connectivity index (χ1) is 14.7. The molecular formula is C23H41IN6O. The molecule has 2 fully saturated rings. The smallest absolute Gasteiger partial charge is 0.191 e. The molecule has 0 amide bonds. The average Bonchev–Trinajstić information content (AvgIpc) is 2.77. The highest BCUT2D eigenvalue weighted by Crippen LogP contribution is 2.38. The number of pyridine rings is 1. The van der Waals surface area contributed by atoms with Crippen molar-refractivity contribution >= 4 is 35.8 Å². The Balaban J connectivity index is 0.00000341. The van der Waals surface area contributed by atoms with Gasteiger partial charge in [0, 0.05) is 57.6 Å². The van der Waals surface area contributed by atoms with Crippen LogP contribution >= 0.6 is 24.0 Å². The zero-order valence-corrected chi connectivity index (χ0v) is 21.6. The number of aliphatic imine (C=N–C) groups is 1. The van der Waals surface area contributed by atoms with Crippen LogP contribution in [0.1, 0.15) is 51.0 Å². The van der Waals surface area contributed by atoms with Gasteiger partial charge >= 0.3 is 0 Å². The fraction of sp³-hybridized carbons (Fsp3) is 0.739. The van der Waals surface area contributed by atoms with Gasteiger partial charge in [-0.15, -0.1) is 24.0 Å². The Morgan fingerprint density at radius 1 is 1.16 bits per heavy atom. The number of anilines is 1. The molecule has 1 aliphatic heterocycles. The van der Waals surface area contributed by atoms with Crippen LogP contribution in [0.4, 0.5) is 5.82 Å². The molecule has 1 aromatic rings. The average molecular weight is 545 g/mol. The van der Waals surface area contributed by atoms with E-state index in [1.54, 1.807) is 0 Å². The SMILES string of the molecule is CCNC(=NCc1cccnc1N1CCN(C)CC1)NCC1(CCO)CCCCC1.I. The number of aromatic nitrogens is 1. The van der Waals surface area contributed by atoms with Gasteiger partial charge in [0.05, 0.1) is 6.54 Å². The molecule has 1 saturated heterocycles. The van der Waals surface area contributed by atoms with Gasteiger partial charge in [0.1, 0.15) is 5.82 Å². The second-order valence-electron chi connectivity index (χ2n) is 8.86. The van der Waals surface area contributed by atoms with Crippen LogP contribution in [-0.4, -0.2) is 73.9 Å². The minimum Gasteiger partial charge on any atom is -0.396 e. The van der Waals surface area contributed by atoms with Gasteiger partial charge in [0.2, 0.25) is 0 Å². The number of piperazine rings is 1. The van der Waals surface area contributed by atoms with Crippen molar-refractivity contribution in [2.24, 2.45) is 10.4 Å². The number of hydrogen-bond acceptors (Lipinski definition) is 5. The standard InChI is InChI=1S/C23H40N6O.HI/c1-3-24-22(27-19-23(11-17-30)9-5-4-6-10-23)26-18-20-8-7-12-25-21(20)29-15-13-28(2)14-16-29;/h7-8,12,30H,3-6,9-11,13-19H2,1-2H3,(H2,24,26,27);1H. The Kier molecular flexibility index (Phi) is 11.3. The van der Waals surface area contributed by atoms with Gasteiger partial charge in [-0.25, -0.2) is 9.98 Å². The lowest BCUT2D eigenvalue weighted by molar-refractivity contribution is 0.131. The van der Waals surface area contributed by atoms with Gasteiger partial charge in [-0.05, 0) is 44.7 Å². The summed E-state index contributed by atoms with van der Waals surface area (Å²) in [5, 5.41) is 16.6. The van der Waals surface area contributed by atoms with E-state index in [-0.39, 0.29) is 36.0 Å². The number of aliphatic hydroxyl groups excluding tert-OH is 1. The molecule has 1 aromatic heterocycles. The number of likely N-dealkylation sites (N-methyl/N-ethyl adjacent to an activating group) is 1. The Bertz CT molecular complexity index is 666. The second kappa shape index (κ2) is 13.4. The molecule has 2 heterocycles. The number of guanidine groups is 1. The highest BCUT2D eigenvalue weighted by atomic mass is 127. The van der Waals surface area contributed by atoms with Crippen molar-refractivity contribution in [2.45, 2.75) is 52.0 Å². The van der Waals surface area contributed by atoms with Gasteiger partial charge in [-0.2, -0.15) is 0 Å². The molecule has 1 saturated carbocycles. The number of aliphatic hydroxyl groups is 1. The molecule has 0 aromatic carbocycles. The minimum atomic E-state index is 0. The largest absolute Gasteiger partial charge is 0.396 e. The first-order valence-electron chi connectivity index (χ1n) is 11.7. The normalized spacial score (nSPS) is 19.6. The van der Waals surface area contributed by atoms with E-state index in [2.05, 4.69) is 45.5 Å². The number of rotatable bonds is 8. The van der Waals surface area contributed by atoms with E-state index in [0.717, 1.165) is 57.5 Å². The van der Waals surface area contributed by atoms with E-state index in [9.17, 15) is 5.11 Å².